The number of benzene rings is 3. The molecule has 264 valence electrons. The van der Waals surface area contributed by atoms with Gasteiger partial charge in [-0.2, -0.15) is 44.3 Å². The molecule has 0 saturated heterocycles. The van der Waals surface area contributed by atoms with Gasteiger partial charge in [0, 0.05) is 16.5 Å². The largest absolute Gasteiger partial charge is 0.505 e. The Balaban J connectivity index is 1.77. The van der Waals surface area contributed by atoms with Crippen LogP contribution in [0.4, 0.5) is 47.8 Å². The molecule has 8 nitrogen and oxygen atoms in total. The lowest BCUT2D eigenvalue weighted by Crippen LogP contribution is -2.57. The van der Waals surface area contributed by atoms with Gasteiger partial charge in [0.1, 0.15) is 10.6 Å². The monoisotopic (exact) mass is 707 g/mol. The van der Waals surface area contributed by atoms with Crippen molar-refractivity contribution >= 4 is 43.9 Å². The molecule has 0 aliphatic rings. The van der Waals surface area contributed by atoms with Gasteiger partial charge in [-0.1, -0.05) is 89.0 Å². The van der Waals surface area contributed by atoms with Crippen molar-refractivity contribution in [3.05, 3.63) is 54.1 Å². The summed E-state index contributed by atoms with van der Waals surface area (Å²) in [6.07, 6.45) is 6.05. The smallest absolute Gasteiger partial charge is 0.460 e. The van der Waals surface area contributed by atoms with Crippen molar-refractivity contribution in [1.82, 2.24) is 0 Å². The van der Waals surface area contributed by atoms with Crippen LogP contribution < -0.4 is 5.32 Å². The summed E-state index contributed by atoms with van der Waals surface area (Å²) in [5.74, 6) is -17.1. The summed E-state index contributed by atoms with van der Waals surface area (Å²) in [4.78, 5) is 10.8. The van der Waals surface area contributed by atoms with Gasteiger partial charge in [0.05, 0.1) is 5.69 Å². The molecular formula is C32H36F7N3O5S. The summed E-state index contributed by atoms with van der Waals surface area (Å²) >= 11 is 0. The summed E-state index contributed by atoms with van der Waals surface area (Å²) in [5, 5.41) is 18.7. The first-order chi connectivity index (χ1) is 22.4. The van der Waals surface area contributed by atoms with Gasteiger partial charge in [-0.25, -0.2) is 0 Å². The number of aromatic hydroxyl groups is 1. The Hall–Kier alpha value is -3.79. The number of azo groups is 1. The van der Waals surface area contributed by atoms with E-state index in [1.54, 1.807) is 24.3 Å². The number of nitrogens with one attached hydrogen (secondary N) is 1. The zero-order chi connectivity index (χ0) is 35.8. The minimum Gasteiger partial charge on any atom is -0.505 e. The molecule has 3 aromatic rings. The number of hydrogen-bond donors (Lipinski definition) is 3. The number of fused-ring (bicyclic) bond motifs is 1. The summed E-state index contributed by atoms with van der Waals surface area (Å²) in [6.45, 7) is 2.19. The Morgan fingerprint density at radius 3 is 1.90 bits per heavy atom. The number of carbonyl (C=O) groups is 1. The van der Waals surface area contributed by atoms with Crippen LogP contribution >= 0.6 is 0 Å². The quantitative estimate of drug-likeness (QED) is 0.0557. The lowest BCUT2D eigenvalue weighted by molar-refractivity contribution is -0.343. The van der Waals surface area contributed by atoms with E-state index in [4.69, 9.17) is 0 Å². The first-order valence-corrected chi connectivity index (χ1v) is 16.8. The lowest BCUT2D eigenvalue weighted by Gasteiger charge is -2.27. The van der Waals surface area contributed by atoms with Crippen LogP contribution in [0.25, 0.3) is 10.8 Å². The van der Waals surface area contributed by atoms with Gasteiger partial charge in [0.15, 0.2) is 5.75 Å². The molecule has 0 atom stereocenters. The van der Waals surface area contributed by atoms with Crippen LogP contribution in [0.1, 0.15) is 76.7 Å². The molecule has 0 heterocycles. The highest BCUT2D eigenvalue weighted by molar-refractivity contribution is 7.86. The Kier molecular flexibility index (Phi) is 12.9. The predicted octanol–water partition coefficient (Wildman–Crippen LogP) is 10.4. The van der Waals surface area contributed by atoms with E-state index in [0.29, 0.717) is 6.07 Å². The highest BCUT2D eigenvalue weighted by Crippen LogP contribution is 2.48. The third-order valence-electron chi connectivity index (χ3n) is 7.68. The maximum Gasteiger partial charge on any atom is 0.460 e. The number of phenolic OH excluding ortho intramolecular Hbond substituents is 1. The molecule has 16 heteroatoms. The fraction of sp³-hybridized carbons (Fsp3) is 0.469. The summed E-state index contributed by atoms with van der Waals surface area (Å²) in [5.41, 5.74) is -0.418. The van der Waals surface area contributed by atoms with Crippen LogP contribution in [0.15, 0.2) is 63.7 Å². The van der Waals surface area contributed by atoms with E-state index in [0.717, 1.165) is 49.4 Å². The zero-order valence-corrected chi connectivity index (χ0v) is 26.8. The molecule has 0 radical (unpaired) electrons. The number of alkyl halides is 7. The molecule has 0 unspecified atom stereocenters. The lowest BCUT2D eigenvalue weighted by atomic mass is 10.0. The van der Waals surface area contributed by atoms with E-state index in [-0.39, 0.29) is 5.69 Å². The van der Waals surface area contributed by atoms with Gasteiger partial charge in [-0.05, 0) is 42.7 Å². The summed E-state index contributed by atoms with van der Waals surface area (Å²) in [6, 6.07) is 10.2. The Labute approximate surface area is 273 Å². The van der Waals surface area contributed by atoms with E-state index in [1.807, 2.05) is 0 Å². The van der Waals surface area contributed by atoms with Crippen LogP contribution in [0, 0.1) is 0 Å². The molecular weight excluding hydrogens is 671 g/mol. The van der Waals surface area contributed by atoms with Crippen LogP contribution in [-0.4, -0.2) is 42.0 Å². The van der Waals surface area contributed by atoms with E-state index in [9.17, 15) is 53.6 Å². The van der Waals surface area contributed by atoms with Gasteiger partial charge in [-0.3, -0.25) is 9.35 Å². The molecule has 0 bridgehead atoms. The maximum absolute atomic E-state index is 13.9. The zero-order valence-electron chi connectivity index (χ0n) is 26.0. The number of nitrogens with zero attached hydrogens (tertiary/aromatic N) is 2. The second-order valence-corrected chi connectivity index (χ2v) is 12.7. The van der Waals surface area contributed by atoms with Crippen molar-refractivity contribution in [3.63, 3.8) is 0 Å². The third-order valence-corrected chi connectivity index (χ3v) is 8.54. The number of unbranched alkanes of at least 4 members (excludes halogenated alkanes) is 9. The molecule has 1 amide bonds. The average Bonchev–Trinajstić information content (AvgIpc) is 3.01. The van der Waals surface area contributed by atoms with Crippen LogP contribution in [-0.2, 0) is 21.3 Å². The second kappa shape index (κ2) is 16.1. The highest BCUT2D eigenvalue weighted by atomic mass is 32.2. The van der Waals surface area contributed by atoms with E-state index in [2.05, 4.69) is 17.2 Å². The molecule has 0 fully saturated rings. The van der Waals surface area contributed by atoms with Crippen molar-refractivity contribution in [2.45, 2.75) is 100 Å². The molecule has 0 aliphatic carbocycles. The number of carbonyl (C=O) groups excluding carboxylic acids is 1. The number of anilines is 1. The molecule has 0 aliphatic heterocycles. The minimum absolute atomic E-state index is 0.233. The Morgan fingerprint density at radius 1 is 0.792 bits per heavy atom. The minimum atomic E-state index is -6.78. The van der Waals surface area contributed by atoms with Gasteiger partial charge in [0.25, 0.3) is 10.1 Å². The summed E-state index contributed by atoms with van der Waals surface area (Å²) in [7, 11) is -5.24. The van der Waals surface area contributed by atoms with Crippen molar-refractivity contribution in [3.8, 4) is 5.75 Å². The topological polar surface area (TPSA) is 128 Å². The third kappa shape index (κ3) is 9.43. The normalized spacial score (nSPS) is 13.0. The molecule has 0 spiro atoms. The van der Waals surface area contributed by atoms with Gasteiger partial charge in [-0.15, -0.1) is 5.11 Å². The van der Waals surface area contributed by atoms with E-state index < -0.39 is 66.8 Å². The van der Waals surface area contributed by atoms with E-state index in [1.165, 1.54) is 50.3 Å². The first kappa shape index (κ1) is 38.7. The molecule has 48 heavy (non-hydrogen) atoms. The Morgan fingerprint density at radius 2 is 1.35 bits per heavy atom. The van der Waals surface area contributed by atoms with Gasteiger partial charge in [0.2, 0.25) is 0 Å². The molecule has 3 aromatic carbocycles. The number of halogens is 7. The predicted molar refractivity (Wildman–Crippen MR) is 166 cm³/mol. The fourth-order valence-corrected chi connectivity index (χ4v) is 5.60. The first-order valence-electron chi connectivity index (χ1n) is 15.3. The van der Waals surface area contributed by atoms with Crippen LogP contribution in [0.2, 0.25) is 0 Å². The molecule has 3 rings (SSSR count). The van der Waals surface area contributed by atoms with Crippen molar-refractivity contribution < 1.29 is 53.6 Å². The van der Waals surface area contributed by atoms with E-state index >= 15 is 0 Å². The number of hydrogen-bond acceptors (Lipinski definition) is 6. The molecule has 0 aromatic heterocycles. The SMILES string of the molecule is CCCCCCCCCCCCc1ccc(N=Nc2c(S(=O)(=O)O)cc3c(NC(=O)C(F)(F)C(F)(F)C(F)(F)F)cccc3c2O)cc1. The number of aryl methyl sites for hydroxylation is 1. The van der Waals surface area contributed by atoms with Crippen molar-refractivity contribution in [2.24, 2.45) is 10.2 Å². The highest BCUT2D eigenvalue weighted by Gasteiger charge is 2.76. The number of rotatable bonds is 17. The molecule has 0 saturated carbocycles. The van der Waals surface area contributed by atoms with Crippen LogP contribution in [0.5, 0.6) is 5.75 Å². The standard InChI is InChI=1S/C32H36F7N3O5S/c1-2-3-4-5-6-7-8-9-10-11-13-21-16-18-22(19-17-21)41-42-27-26(48(45,46)47)20-24-23(28(27)43)14-12-15-25(24)40-29(44)30(33,34)31(35,36)32(37,38)39/h12,14-20,43H,2-11,13H2,1H3,(H,40,44)(H,45,46,47). The Bertz CT molecular complexity index is 1700. The molecule has 3 N–H and O–H groups in total. The average molecular weight is 708 g/mol. The number of phenols is 1. The van der Waals surface area contributed by atoms with Gasteiger partial charge < -0.3 is 10.4 Å². The fourth-order valence-electron chi connectivity index (χ4n) is 4.95. The van der Waals surface area contributed by atoms with Crippen molar-refractivity contribution in [1.29, 1.82) is 0 Å². The van der Waals surface area contributed by atoms with Crippen molar-refractivity contribution in [2.75, 3.05) is 5.32 Å². The second-order valence-electron chi connectivity index (χ2n) is 11.3. The maximum atomic E-state index is 13.9. The van der Waals surface area contributed by atoms with Gasteiger partial charge >= 0.3 is 23.9 Å². The summed E-state index contributed by atoms with van der Waals surface area (Å²) < 4.78 is 127. The number of amides is 1. The van der Waals surface area contributed by atoms with Crippen LogP contribution in [0.3, 0.4) is 0 Å².